The molecule has 0 fully saturated rings. The first-order chi connectivity index (χ1) is 10.1. The molecule has 21 heavy (non-hydrogen) atoms. The van der Waals surface area contributed by atoms with E-state index >= 15 is 0 Å². The Balaban J connectivity index is 1.78. The molecule has 0 saturated heterocycles. The number of ether oxygens (including phenoxy) is 1. The second kappa shape index (κ2) is 7.71. The number of hydrogen-bond acceptors (Lipinski definition) is 4. The van der Waals surface area contributed by atoms with Gasteiger partial charge in [0.1, 0.15) is 17.3 Å². The van der Waals surface area contributed by atoms with E-state index in [0.717, 1.165) is 30.1 Å². The van der Waals surface area contributed by atoms with Gasteiger partial charge in [0, 0.05) is 24.8 Å². The Morgan fingerprint density at radius 2 is 2.14 bits per heavy atom. The third-order valence-corrected chi connectivity index (χ3v) is 3.25. The maximum Gasteiger partial charge on any atom is 0.120 e. The van der Waals surface area contributed by atoms with Gasteiger partial charge in [0.25, 0.3) is 0 Å². The van der Waals surface area contributed by atoms with Crippen LogP contribution in [-0.4, -0.2) is 35.1 Å². The van der Waals surface area contributed by atoms with Crippen LogP contribution in [0.5, 0.6) is 5.75 Å². The Kier molecular flexibility index (Phi) is 5.66. The summed E-state index contributed by atoms with van der Waals surface area (Å²) in [6.07, 6.45) is 1.81. The lowest BCUT2D eigenvalue weighted by Gasteiger charge is -2.16. The quantitative estimate of drug-likeness (QED) is 0.795. The molecular formula is C16H19N3OS. The van der Waals surface area contributed by atoms with Gasteiger partial charge in [-0.25, -0.2) is 0 Å². The lowest BCUT2D eigenvalue weighted by Crippen LogP contribution is -2.24. The monoisotopic (exact) mass is 301 g/mol. The van der Waals surface area contributed by atoms with Crippen molar-refractivity contribution >= 4 is 17.2 Å². The smallest absolute Gasteiger partial charge is 0.120 e. The zero-order chi connectivity index (χ0) is 15.1. The number of hydrogen-bond donors (Lipinski definition) is 1. The molecule has 0 bridgehead atoms. The molecule has 0 aliphatic heterocycles. The van der Waals surface area contributed by atoms with Crippen molar-refractivity contribution in [3.8, 4) is 5.75 Å². The van der Waals surface area contributed by atoms with Gasteiger partial charge in [0.15, 0.2) is 0 Å². The third-order valence-electron chi connectivity index (χ3n) is 3.02. The van der Waals surface area contributed by atoms with Crippen molar-refractivity contribution in [2.45, 2.75) is 6.54 Å². The van der Waals surface area contributed by atoms with Gasteiger partial charge in [-0.2, -0.15) is 0 Å². The number of aromatic nitrogens is 1. The minimum absolute atomic E-state index is 0.382. The Hall–Kier alpha value is -1.98. The standard InChI is InChI=1S/C16H19N3OS/c1-19(12-14-6-2-3-8-18-14)9-10-20-15-7-4-5-13(11-15)16(17)21/h2-8,11H,9-10,12H2,1H3,(H2,17,21). The molecule has 0 atom stereocenters. The molecule has 2 aromatic rings. The molecule has 2 rings (SSSR count). The normalized spacial score (nSPS) is 10.6. The largest absolute Gasteiger partial charge is 0.492 e. The third kappa shape index (κ3) is 5.13. The maximum absolute atomic E-state index is 5.73. The summed E-state index contributed by atoms with van der Waals surface area (Å²) in [4.78, 5) is 6.85. The Morgan fingerprint density at radius 1 is 1.29 bits per heavy atom. The van der Waals surface area contributed by atoms with E-state index in [1.54, 1.807) is 6.20 Å². The van der Waals surface area contributed by atoms with Gasteiger partial charge in [0.2, 0.25) is 0 Å². The average molecular weight is 301 g/mol. The molecule has 0 radical (unpaired) electrons. The zero-order valence-electron chi connectivity index (χ0n) is 12.0. The summed E-state index contributed by atoms with van der Waals surface area (Å²) in [5.74, 6) is 0.784. The molecule has 5 heteroatoms. The fourth-order valence-corrected chi connectivity index (χ4v) is 2.03. The minimum atomic E-state index is 0.382. The van der Waals surface area contributed by atoms with E-state index in [0.29, 0.717) is 11.6 Å². The van der Waals surface area contributed by atoms with Crippen molar-refractivity contribution in [3.05, 3.63) is 59.9 Å². The number of thiocarbonyl (C=S) groups is 1. The predicted octanol–water partition coefficient (Wildman–Crippen LogP) is 2.23. The molecule has 0 aliphatic carbocycles. The summed E-state index contributed by atoms with van der Waals surface area (Å²) in [7, 11) is 2.05. The number of likely N-dealkylation sites (N-methyl/N-ethyl adjacent to an activating group) is 1. The van der Waals surface area contributed by atoms with Crippen LogP contribution in [0.25, 0.3) is 0 Å². The van der Waals surface area contributed by atoms with E-state index in [1.165, 1.54) is 0 Å². The van der Waals surface area contributed by atoms with Crippen LogP contribution in [0.15, 0.2) is 48.7 Å². The predicted molar refractivity (Wildman–Crippen MR) is 88.4 cm³/mol. The molecule has 0 unspecified atom stereocenters. The van der Waals surface area contributed by atoms with Gasteiger partial charge < -0.3 is 10.5 Å². The molecule has 110 valence electrons. The van der Waals surface area contributed by atoms with Crippen LogP contribution >= 0.6 is 12.2 Å². The Labute approximate surface area is 130 Å². The number of rotatable bonds is 7. The van der Waals surface area contributed by atoms with Crippen LogP contribution in [0, 0.1) is 0 Å². The first-order valence-corrected chi connectivity index (χ1v) is 7.17. The number of nitrogens with two attached hydrogens (primary N) is 1. The molecule has 1 aromatic carbocycles. The molecule has 0 aliphatic rings. The highest BCUT2D eigenvalue weighted by Gasteiger charge is 2.03. The highest BCUT2D eigenvalue weighted by atomic mass is 32.1. The van der Waals surface area contributed by atoms with Crippen LogP contribution < -0.4 is 10.5 Å². The second-order valence-corrected chi connectivity index (χ2v) is 5.24. The van der Waals surface area contributed by atoms with Crippen molar-refractivity contribution in [2.24, 2.45) is 5.73 Å². The van der Waals surface area contributed by atoms with Crippen LogP contribution in [-0.2, 0) is 6.54 Å². The molecule has 0 amide bonds. The highest BCUT2D eigenvalue weighted by molar-refractivity contribution is 7.80. The van der Waals surface area contributed by atoms with E-state index < -0.39 is 0 Å². The zero-order valence-corrected chi connectivity index (χ0v) is 12.8. The van der Waals surface area contributed by atoms with Gasteiger partial charge in [-0.15, -0.1) is 0 Å². The fourth-order valence-electron chi connectivity index (χ4n) is 1.91. The van der Waals surface area contributed by atoms with Crippen molar-refractivity contribution < 1.29 is 4.74 Å². The fraction of sp³-hybridized carbons (Fsp3) is 0.250. The number of benzene rings is 1. The van der Waals surface area contributed by atoms with Crippen LogP contribution in [0.4, 0.5) is 0 Å². The summed E-state index contributed by atoms with van der Waals surface area (Å²) >= 11 is 4.96. The summed E-state index contributed by atoms with van der Waals surface area (Å²) in [6.45, 7) is 2.22. The first-order valence-electron chi connectivity index (χ1n) is 6.76. The SMILES string of the molecule is CN(CCOc1cccc(C(N)=S)c1)Cc1ccccn1. The average Bonchev–Trinajstić information content (AvgIpc) is 2.48. The van der Waals surface area contributed by atoms with Gasteiger partial charge in [-0.1, -0.05) is 30.4 Å². The summed E-state index contributed by atoms with van der Waals surface area (Å²) < 4.78 is 5.73. The number of pyridine rings is 1. The summed E-state index contributed by atoms with van der Waals surface area (Å²) in [5, 5.41) is 0. The lowest BCUT2D eigenvalue weighted by atomic mass is 10.2. The van der Waals surface area contributed by atoms with E-state index in [1.807, 2.05) is 49.5 Å². The van der Waals surface area contributed by atoms with E-state index in [-0.39, 0.29) is 0 Å². The van der Waals surface area contributed by atoms with Gasteiger partial charge >= 0.3 is 0 Å². The van der Waals surface area contributed by atoms with E-state index in [4.69, 9.17) is 22.7 Å². The molecule has 0 saturated carbocycles. The van der Waals surface area contributed by atoms with E-state index in [9.17, 15) is 0 Å². The van der Waals surface area contributed by atoms with Crippen molar-refractivity contribution in [1.29, 1.82) is 0 Å². The highest BCUT2D eigenvalue weighted by Crippen LogP contribution is 2.13. The second-order valence-electron chi connectivity index (χ2n) is 4.80. The molecule has 0 spiro atoms. The van der Waals surface area contributed by atoms with Crippen molar-refractivity contribution in [1.82, 2.24) is 9.88 Å². The Bertz CT molecular complexity index is 589. The topological polar surface area (TPSA) is 51.4 Å². The van der Waals surface area contributed by atoms with E-state index in [2.05, 4.69) is 9.88 Å². The van der Waals surface area contributed by atoms with Crippen molar-refractivity contribution in [2.75, 3.05) is 20.2 Å². The molecule has 4 nitrogen and oxygen atoms in total. The lowest BCUT2D eigenvalue weighted by molar-refractivity contribution is 0.231. The Morgan fingerprint density at radius 3 is 2.86 bits per heavy atom. The van der Waals surface area contributed by atoms with Crippen LogP contribution in [0.3, 0.4) is 0 Å². The molecule has 1 aromatic heterocycles. The van der Waals surface area contributed by atoms with Crippen LogP contribution in [0.2, 0.25) is 0 Å². The molecule has 1 heterocycles. The van der Waals surface area contributed by atoms with Gasteiger partial charge in [0.05, 0.1) is 5.69 Å². The molecular weight excluding hydrogens is 282 g/mol. The minimum Gasteiger partial charge on any atom is -0.492 e. The first kappa shape index (κ1) is 15.4. The van der Waals surface area contributed by atoms with Crippen LogP contribution in [0.1, 0.15) is 11.3 Å². The van der Waals surface area contributed by atoms with Gasteiger partial charge in [-0.05, 0) is 31.3 Å². The number of nitrogens with zero attached hydrogens (tertiary/aromatic N) is 2. The van der Waals surface area contributed by atoms with Crippen molar-refractivity contribution in [3.63, 3.8) is 0 Å². The molecule has 2 N–H and O–H groups in total. The maximum atomic E-state index is 5.73. The van der Waals surface area contributed by atoms with Gasteiger partial charge in [-0.3, -0.25) is 9.88 Å². The summed E-state index contributed by atoms with van der Waals surface area (Å²) in [5.41, 5.74) is 7.48. The summed E-state index contributed by atoms with van der Waals surface area (Å²) in [6, 6.07) is 13.5.